The van der Waals surface area contributed by atoms with Crippen molar-refractivity contribution in [3.8, 4) is 5.75 Å². The number of hydrogen-bond acceptors (Lipinski definition) is 5. The van der Waals surface area contributed by atoms with E-state index in [0.29, 0.717) is 34.9 Å². The molecule has 0 aliphatic carbocycles. The number of amides is 2. The lowest BCUT2D eigenvalue weighted by Gasteiger charge is -2.27. The number of anilines is 2. The topological polar surface area (TPSA) is 95.9 Å². The first-order valence-corrected chi connectivity index (χ1v) is 12.5. The van der Waals surface area contributed by atoms with Gasteiger partial charge in [-0.25, -0.2) is 0 Å². The Morgan fingerprint density at radius 1 is 1.00 bits per heavy atom. The molecule has 7 nitrogen and oxygen atoms in total. The third kappa shape index (κ3) is 5.32. The van der Waals surface area contributed by atoms with Gasteiger partial charge in [-0.1, -0.05) is 51.1 Å². The molecular weight excluding hydrogens is 480 g/mol. The molecule has 1 aliphatic rings. The van der Waals surface area contributed by atoms with E-state index in [4.69, 9.17) is 4.74 Å². The maximum atomic E-state index is 13.5. The highest BCUT2D eigenvalue weighted by atomic mass is 16.5. The number of nitrogens with one attached hydrogen (secondary N) is 1. The lowest BCUT2D eigenvalue weighted by atomic mass is 9.85. The number of aliphatic hydroxyl groups excluding tert-OH is 1. The van der Waals surface area contributed by atoms with Crippen molar-refractivity contribution >= 4 is 34.7 Å². The lowest BCUT2D eigenvalue weighted by molar-refractivity contribution is -0.132. The third-order valence-electron chi connectivity index (χ3n) is 6.42. The predicted octanol–water partition coefficient (Wildman–Crippen LogP) is 5.97. The molecule has 7 heteroatoms. The molecule has 1 fully saturated rings. The minimum atomic E-state index is -0.872. The van der Waals surface area contributed by atoms with Crippen LogP contribution in [0.4, 0.5) is 11.4 Å². The first-order chi connectivity index (χ1) is 18.0. The van der Waals surface area contributed by atoms with E-state index in [-0.39, 0.29) is 22.7 Å². The van der Waals surface area contributed by atoms with Crippen LogP contribution in [0.3, 0.4) is 0 Å². The van der Waals surface area contributed by atoms with Crippen LogP contribution in [0, 0.1) is 0 Å². The molecule has 38 heavy (non-hydrogen) atoms. The summed E-state index contributed by atoms with van der Waals surface area (Å²) in [6.07, 6.45) is 0. The molecule has 0 aromatic heterocycles. The highest BCUT2D eigenvalue weighted by Gasteiger charge is 2.47. The Bertz CT molecular complexity index is 1400. The molecule has 3 aromatic carbocycles. The van der Waals surface area contributed by atoms with Gasteiger partial charge in [-0.2, -0.15) is 0 Å². The first-order valence-electron chi connectivity index (χ1n) is 12.5. The van der Waals surface area contributed by atoms with E-state index in [0.717, 1.165) is 5.56 Å². The van der Waals surface area contributed by atoms with Crippen LogP contribution < -0.4 is 15.0 Å². The molecule has 3 aromatic rings. The van der Waals surface area contributed by atoms with Gasteiger partial charge >= 0.3 is 0 Å². The molecule has 1 aliphatic heterocycles. The molecule has 196 valence electrons. The molecule has 0 bridgehead atoms. The van der Waals surface area contributed by atoms with Crippen molar-refractivity contribution in [2.24, 2.45) is 0 Å². The molecule has 1 saturated heterocycles. The van der Waals surface area contributed by atoms with Gasteiger partial charge in [0.15, 0.2) is 0 Å². The van der Waals surface area contributed by atoms with Crippen molar-refractivity contribution in [1.82, 2.24) is 0 Å². The highest BCUT2D eigenvalue weighted by Crippen LogP contribution is 2.43. The Hall–Kier alpha value is -4.39. The summed E-state index contributed by atoms with van der Waals surface area (Å²) in [5.74, 6) is -1.44. The Labute approximate surface area is 222 Å². The fourth-order valence-electron chi connectivity index (χ4n) is 4.55. The van der Waals surface area contributed by atoms with Crippen molar-refractivity contribution in [1.29, 1.82) is 0 Å². The van der Waals surface area contributed by atoms with E-state index in [9.17, 15) is 19.5 Å². The van der Waals surface area contributed by atoms with Crippen LogP contribution in [-0.4, -0.2) is 29.3 Å². The van der Waals surface area contributed by atoms with Crippen molar-refractivity contribution in [3.05, 3.63) is 95.1 Å². The second kappa shape index (κ2) is 10.5. The average Bonchev–Trinajstić information content (AvgIpc) is 3.14. The van der Waals surface area contributed by atoms with E-state index in [2.05, 4.69) is 26.1 Å². The van der Waals surface area contributed by atoms with Crippen LogP contribution >= 0.6 is 0 Å². The second-order valence-corrected chi connectivity index (χ2v) is 10.2. The quantitative estimate of drug-likeness (QED) is 0.241. The van der Waals surface area contributed by atoms with Gasteiger partial charge in [0.2, 0.25) is 5.91 Å². The van der Waals surface area contributed by atoms with Crippen LogP contribution in [0.15, 0.2) is 78.4 Å². The van der Waals surface area contributed by atoms with Gasteiger partial charge in [-0.15, -0.1) is 0 Å². The smallest absolute Gasteiger partial charge is 0.300 e. The van der Waals surface area contributed by atoms with Gasteiger partial charge in [-0.3, -0.25) is 19.3 Å². The zero-order valence-electron chi connectivity index (χ0n) is 22.2. The molecule has 1 heterocycles. The summed E-state index contributed by atoms with van der Waals surface area (Å²) in [4.78, 5) is 39.9. The summed E-state index contributed by atoms with van der Waals surface area (Å²) < 4.78 is 5.49. The lowest BCUT2D eigenvalue weighted by Crippen LogP contribution is -2.29. The molecule has 0 radical (unpaired) electrons. The summed E-state index contributed by atoms with van der Waals surface area (Å²) in [6.45, 7) is 10.1. The van der Waals surface area contributed by atoms with Crippen molar-refractivity contribution in [2.75, 3.05) is 16.8 Å². The monoisotopic (exact) mass is 512 g/mol. The number of hydrogen-bond donors (Lipinski definition) is 2. The van der Waals surface area contributed by atoms with Gasteiger partial charge < -0.3 is 15.2 Å². The third-order valence-corrected chi connectivity index (χ3v) is 6.42. The Morgan fingerprint density at radius 2 is 1.66 bits per heavy atom. The van der Waals surface area contributed by atoms with Gasteiger partial charge in [0, 0.05) is 23.9 Å². The molecule has 2 amide bonds. The molecule has 0 saturated carbocycles. The van der Waals surface area contributed by atoms with E-state index in [1.807, 2.05) is 31.2 Å². The first kappa shape index (κ1) is 26.7. The van der Waals surface area contributed by atoms with Crippen LogP contribution in [0.25, 0.3) is 5.76 Å². The maximum Gasteiger partial charge on any atom is 0.300 e. The normalized spacial score (nSPS) is 17.0. The Balaban J connectivity index is 1.88. The minimum absolute atomic E-state index is 0.00685. The summed E-state index contributed by atoms with van der Waals surface area (Å²) in [5.41, 5.74) is 2.99. The van der Waals surface area contributed by atoms with Gasteiger partial charge in [0.25, 0.3) is 11.7 Å². The predicted molar refractivity (Wildman–Crippen MR) is 148 cm³/mol. The number of carbonyl (C=O) groups is 3. The van der Waals surface area contributed by atoms with Gasteiger partial charge in [0.1, 0.15) is 11.5 Å². The summed E-state index contributed by atoms with van der Waals surface area (Å²) in [5, 5.41) is 14.1. The van der Waals surface area contributed by atoms with Crippen LogP contribution in [-0.2, 0) is 19.8 Å². The van der Waals surface area contributed by atoms with Crippen molar-refractivity contribution < 1.29 is 24.2 Å². The molecule has 0 spiro atoms. The molecular formula is C31H32N2O5. The fraction of sp³-hybridized carbons (Fsp3) is 0.258. The summed E-state index contributed by atoms with van der Waals surface area (Å²) in [7, 11) is 0. The van der Waals surface area contributed by atoms with Crippen molar-refractivity contribution in [3.63, 3.8) is 0 Å². The number of benzene rings is 3. The van der Waals surface area contributed by atoms with Gasteiger partial charge in [0.05, 0.1) is 18.2 Å². The van der Waals surface area contributed by atoms with Gasteiger partial charge in [-0.05, 0) is 65.9 Å². The zero-order valence-corrected chi connectivity index (χ0v) is 22.2. The van der Waals surface area contributed by atoms with E-state index in [1.165, 1.54) is 11.8 Å². The van der Waals surface area contributed by atoms with Crippen LogP contribution in [0.2, 0.25) is 0 Å². The number of carbonyl (C=O) groups excluding carboxylic acids is 3. The average molecular weight is 513 g/mol. The highest BCUT2D eigenvalue weighted by molar-refractivity contribution is 6.51. The summed E-state index contributed by atoms with van der Waals surface area (Å²) in [6, 6.07) is 20.3. The molecule has 4 rings (SSSR count). The second-order valence-electron chi connectivity index (χ2n) is 10.2. The van der Waals surface area contributed by atoms with E-state index < -0.39 is 17.7 Å². The summed E-state index contributed by atoms with van der Waals surface area (Å²) >= 11 is 0. The van der Waals surface area contributed by atoms with E-state index in [1.54, 1.807) is 48.5 Å². The number of nitrogens with zero attached hydrogens (tertiary/aromatic N) is 1. The number of rotatable bonds is 6. The Kier molecular flexibility index (Phi) is 7.39. The fourth-order valence-corrected chi connectivity index (χ4v) is 4.55. The van der Waals surface area contributed by atoms with Crippen LogP contribution in [0.1, 0.15) is 57.4 Å². The van der Waals surface area contributed by atoms with Crippen molar-refractivity contribution in [2.45, 2.75) is 46.1 Å². The minimum Gasteiger partial charge on any atom is -0.507 e. The maximum absolute atomic E-state index is 13.5. The number of ether oxygens (including phenoxy) is 1. The zero-order chi connectivity index (χ0) is 27.6. The molecule has 1 unspecified atom stereocenters. The number of aliphatic hydroxyl groups is 1. The Morgan fingerprint density at radius 3 is 2.24 bits per heavy atom. The largest absolute Gasteiger partial charge is 0.507 e. The molecule has 2 N–H and O–H groups in total. The number of Topliss-reactive ketones (excluding diaryl/α,β-unsaturated/α-hetero) is 1. The SMILES string of the molecule is CCOc1ccc(/C(O)=C2\C(=O)C(=O)N(c3cccc(NC(C)=O)c3)C2c2ccc(C(C)(C)C)cc2)cc1. The number of ketones is 1. The standard InChI is InChI=1S/C31H32N2O5/c1-6-38-25-16-12-21(13-17-25)28(35)26-27(20-10-14-22(15-11-20)31(3,4)5)33(30(37)29(26)36)24-9-7-8-23(18-24)32-19(2)34/h7-18,27,35H,6H2,1-5H3,(H,32,34)/b28-26+. The van der Waals surface area contributed by atoms with E-state index >= 15 is 0 Å². The van der Waals surface area contributed by atoms with Crippen LogP contribution in [0.5, 0.6) is 5.75 Å². The molecule has 1 atom stereocenters.